The quantitative estimate of drug-likeness (QED) is 0.406. The summed E-state index contributed by atoms with van der Waals surface area (Å²) in [5.41, 5.74) is 4.98. The Hall–Kier alpha value is -3.12. The third kappa shape index (κ3) is 3.39. The van der Waals surface area contributed by atoms with Crippen LogP contribution in [0.4, 0.5) is 0 Å². The van der Waals surface area contributed by atoms with Gasteiger partial charge in [0.05, 0.1) is 7.11 Å². The smallest absolute Gasteiger partial charge is 0.323 e. The van der Waals surface area contributed by atoms with Gasteiger partial charge < -0.3 is 19.6 Å². The highest BCUT2D eigenvalue weighted by Gasteiger charge is 2.32. The molecule has 1 saturated heterocycles. The maximum Gasteiger partial charge on any atom is 0.323 e. The fourth-order valence-corrected chi connectivity index (χ4v) is 3.60. The van der Waals surface area contributed by atoms with E-state index < -0.39 is 0 Å². The molecule has 6 nitrogen and oxygen atoms in total. The van der Waals surface area contributed by atoms with Gasteiger partial charge in [-0.3, -0.25) is 4.79 Å². The molecule has 2 atom stereocenters. The van der Waals surface area contributed by atoms with Crippen LogP contribution in [-0.2, 0) is 14.4 Å². The van der Waals surface area contributed by atoms with Crippen LogP contribution in [0.3, 0.4) is 0 Å². The van der Waals surface area contributed by atoms with Crippen molar-refractivity contribution < 1.29 is 19.1 Å². The van der Waals surface area contributed by atoms with Gasteiger partial charge in [0.25, 0.3) is 0 Å². The minimum Gasteiger partial charge on any atom is -0.490 e. The van der Waals surface area contributed by atoms with Crippen LogP contribution in [0.5, 0.6) is 5.75 Å². The Morgan fingerprint density at radius 2 is 2.00 bits per heavy atom. The SMILES string of the molecule is C=CCOc1ccc2c(c1)C(=NO[C@H]1CN[C@H](C(=O)OC)C1)c1ccccc1-2. The van der Waals surface area contributed by atoms with Crippen LogP contribution in [0.2, 0.25) is 0 Å². The van der Waals surface area contributed by atoms with Crippen molar-refractivity contribution in [1.29, 1.82) is 0 Å². The number of carbonyl (C=O) groups excluding carboxylic acids is 1. The molecule has 4 rings (SSSR count). The Labute approximate surface area is 163 Å². The Morgan fingerprint density at radius 1 is 1.21 bits per heavy atom. The highest BCUT2D eigenvalue weighted by atomic mass is 16.6. The van der Waals surface area contributed by atoms with Gasteiger partial charge in [0.1, 0.15) is 30.2 Å². The molecular weight excluding hydrogens is 356 g/mol. The molecule has 28 heavy (non-hydrogen) atoms. The van der Waals surface area contributed by atoms with Gasteiger partial charge in [0.15, 0.2) is 0 Å². The average Bonchev–Trinajstić information content (AvgIpc) is 3.32. The lowest BCUT2D eigenvalue weighted by molar-refractivity contribution is -0.142. The summed E-state index contributed by atoms with van der Waals surface area (Å²) in [6.45, 7) is 4.68. The summed E-state index contributed by atoms with van der Waals surface area (Å²) in [5.74, 6) is 0.478. The Bertz CT molecular complexity index is 938. The van der Waals surface area contributed by atoms with Crippen molar-refractivity contribution in [2.45, 2.75) is 18.6 Å². The number of carbonyl (C=O) groups is 1. The minimum atomic E-state index is -0.350. The molecule has 0 saturated carbocycles. The number of hydrogen-bond donors (Lipinski definition) is 1. The number of methoxy groups -OCH3 is 1. The first-order valence-electron chi connectivity index (χ1n) is 9.24. The molecule has 0 spiro atoms. The van der Waals surface area contributed by atoms with E-state index in [0.717, 1.165) is 33.7 Å². The zero-order valence-electron chi connectivity index (χ0n) is 15.7. The highest BCUT2D eigenvalue weighted by molar-refractivity contribution is 6.24. The summed E-state index contributed by atoms with van der Waals surface area (Å²) in [7, 11) is 1.39. The number of ether oxygens (including phenoxy) is 2. The number of rotatable bonds is 6. The number of fused-ring (bicyclic) bond motifs is 3. The third-order valence-corrected chi connectivity index (χ3v) is 4.96. The molecular formula is C22H22N2O4. The molecule has 1 heterocycles. The van der Waals surface area contributed by atoms with E-state index >= 15 is 0 Å². The molecule has 1 fully saturated rings. The van der Waals surface area contributed by atoms with E-state index in [4.69, 9.17) is 14.3 Å². The maximum atomic E-state index is 11.7. The molecule has 2 aromatic carbocycles. The second kappa shape index (κ2) is 7.86. The summed E-state index contributed by atoms with van der Waals surface area (Å²) in [5, 5.41) is 7.58. The largest absolute Gasteiger partial charge is 0.490 e. The standard InChI is InChI=1S/C22H22N2O4/c1-3-10-27-14-8-9-17-16-6-4-5-7-18(16)21(19(17)11-14)24-28-15-12-20(23-13-15)22(25)26-2/h3-9,11,15,20,23H,1,10,12-13H2,2H3/t15-,20+/m1/s1. The van der Waals surface area contributed by atoms with Crippen molar-refractivity contribution >= 4 is 11.7 Å². The molecule has 1 aliphatic heterocycles. The number of hydrogen-bond acceptors (Lipinski definition) is 6. The van der Waals surface area contributed by atoms with Crippen LogP contribution in [0, 0.1) is 0 Å². The Kier molecular flexibility index (Phi) is 5.12. The molecule has 1 N–H and O–H groups in total. The van der Waals surface area contributed by atoms with Gasteiger partial charge in [-0.1, -0.05) is 42.1 Å². The van der Waals surface area contributed by atoms with Crippen molar-refractivity contribution in [3.05, 3.63) is 66.2 Å². The van der Waals surface area contributed by atoms with Gasteiger partial charge in [0, 0.05) is 24.1 Å². The van der Waals surface area contributed by atoms with Crippen LogP contribution < -0.4 is 10.1 Å². The molecule has 0 aromatic heterocycles. The summed E-state index contributed by atoms with van der Waals surface area (Å²) in [4.78, 5) is 17.5. The van der Waals surface area contributed by atoms with E-state index in [1.807, 2.05) is 36.4 Å². The first-order chi connectivity index (χ1) is 13.7. The molecule has 2 aliphatic rings. The van der Waals surface area contributed by atoms with Crippen molar-refractivity contribution in [3.63, 3.8) is 0 Å². The van der Waals surface area contributed by atoms with Crippen LogP contribution in [0.25, 0.3) is 11.1 Å². The monoisotopic (exact) mass is 378 g/mol. The predicted octanol–water partition coefficient (Wildman–Crippen LogP) is 2.90. The van der Waals surface area contributed by atoms with Crippen LogP contribution >= 0.6 is 0 Å². The molecule has 0 bridgehead atoms. The van der Waals surface area contributed by atoms with Crippen molar-refractivity contribution in [2.24, 2.45) is 5.16 Å². The van der Waals surface area contributed by atoms with E-state index in [9.17, 15) is 4.79 Å². The van der Waals surface area contributed by atoms with Gasteiger partial charge in [0.2, 0.25) is 0 Å². The van der Waals surface area contributed by atoms with Crippen LogP contribution in [0.15, 0.2) is 60.3 Å². The molecule has 144 valence electrons. The third-order valence-electron chi connectivity index (χ3n) is 4.96. The van der Waals surface area contributed by atoms with E-state index in [2.05, 4.69) is 23.1 Å². The number of oxime groups is 1. The normalized spacial score (nSPS) is 21.1. The summed E-state index contributed by atoms with van der Waals surface area (Å²) < 4.78 is 10.5. The second-order valence-corrected chi connectivity index (χ2v) is 6.74. The zero-order chi connectivity index (χ0) is 19.5. The topological polar surface area (TPSA) is 69.2 Å². The summed E-state index contributed by atoms with van der Waals surface area (Å²) >= 11 is 0. The highest BCUT2D eigenvalue weighted by Crippen LogP contribution is 2.38. The number of esters is 1. The summed E-state index contributed by atoms with van der Waals surface area (Å²) in [6, 6.07) is 13.7. The Morgan fingerprint density at radius 3 is 2.79 bits per heavy atom. The fraction of sp³-hybridized carbons (Fsp3) is 0.273. The minimum absolute atomic E-state index is 0.187. The molecule has 0 unspecified atom stereocenters. The molecule has 0 amide bonds. The first-order valence-corrected chi connectivity index (χ1v) is 9.24. The lowest BCUT2D eigenvalue weighted by Crippen LogP contribution is -2.31. The molecule has 0 radical (unpaired) electrons. The van der Waals surface area contributed by atoms with Gasteiger partial charge >= 0.3 is 5.97 Å². The van der Waals surface area contributed by atoms with Crippen molar-refractivity contribution in [1.82, 2.24) is 5.32 Å². The van der Waals surface area contributed by atoms with Gasteiger partial charge in [-0.15, -0.1) is 0 Å². The second-order valence-electron chi connectivity index (χ2n) is 6.74. The molecule has 6 heteroatoms. The lowest BCUT2D eigenvalue weighted by Gasteiger charge is -2.10. The predicted molar refractivity (Wildman–Crippen MR) is 107 cm³/mol. The van der Waals surface area contributed by atoms with Gasteiger partial charge in [-0.05, 0) is 29.3 Å². The van der Waals surface area contributed by atoms with Crippen molar-refractivity contribution in [2.75, 3.05) is 20.3 Å². The van der Waals surface area contributed by atoms with E-state index in [0.29, 0.717) is 19.6 Å². The fourth-order valence-electron chi connectivity index (χ4n) is 3.60. The molecule has 1 aliphatic carbocycles. The zero-order valence-corrected chi connectivity index (χ0v) is 15.7. The van der Waals surface area contributed by atoms with Gasteiger partial charge in [-0.2, -0.15) is 0 Å². The van der Waals surface area contributed by atoms with Crippen LogP contribution in [-0.4, -0.2) is 44.1 Å². The van der Waals surface area contributed by atoms with E-state index in [1.54, 1.807) is 6.08 Å². The van der Waals surface area contributed by atoms with E-state index in [-0.39, 0.29) is 18.1 Å². The Balaban J connectivity index is 1.61. The van der Waals surface area contributed by atoms with Gasteiger partial charge in [-0.25, -0.2) is 0 Å². The number of nitrogens with zero attached hydrogens (tertiary/aromatic N) is 1. The average molecular weight is 378 g/mol. The lowest BCUT2D eigenvalue weighted by atomic mass is 10.1. The first kappa shape index (κ1) is 18.3. The number of benzene rings is 2. The maximum absolute atomic E-state index is 11.7. The van der Waals surface area contributed by atoms with Crippen molar-refractivity contribution in [3.8, 4) is 16.9 Å². The number of nitrogens with one attached hydrogen (secondary N) is 1. The van der Waals surface area contributed by atoms with Crippen LogP contribution in [0.1, 0.15) is 17.5 Å². The molecule has 2 aromatic rings. The summed E-state index contributed by atoms with van der Waals surface area (Å²) in [6.07, 6.45) is 2.05. The van der Waals surface area contributed by atoms with E-state index in [1.165, 1.54) is 7.11 Å².